The van der Waals surface area contributed by atoms with Crippen LogP contribution in [-0.4, -0.2) is 66.9 Å². The van der Waals surface area contributed by atoms with Gasteiger partial charge in [0.2, 0.25) is 15.7 Å². The first kappa shape index (κ1) is 26.4. The number of nitrogens with zero attached hydrogens (tertiary/aromatic N) is 2. The third-order valence-electron chi connectivity index (χ3n) is 5.96. The molecule has 0 bridgehead atoms. The molecule has 0 radical (unpaired) electrons. The van der Waals surface area contributed by atoms with Crippen LogP contribution in [0.25, 0.3) is 10.9 Å². The lowest BCUT2D eigenvalue weighted by Gasteiger charge is -2.31. The lowest BCUT2D eigenvalue weighted by Crippen LogP contribution is -2.65. The number of sulfonamides is 1. The lowest BCUT2D eigenvalue weighted by atomic mass is 10.0. The number of H-pyrrole nitrogens is 1. The van der Waals surface area contributed by atoms with Gasteiger partial charge < -0.3 is 10.4 Å². The molecule has 1 aliphatic heterocycles. The number of carbonyl (C=O) groups is 2. The summed E-state index contributed by atoms with van der Waals surface area (Å²) < 4.78 is 28.6. The Morgan fingerprint density at radius 3 is 2.65 bits per heavy atom. The molecule has 0 saturated carbocycles. The SMILES string of the molecule is O=C(NC(CCCCNC1N=CCCN1)(NS(=O)(=O)c1ccccc1)C(=O)O)c1cccc2cn[nH]c12. The third kappa shape index (κ3) is 6.38. The first-order chi connectivity index (χ1) is 17.8. The first-order valence-corrected chi connectivity index (χ1v) is 13.3. The van der Waals surface area contributed by atoms with E-state index in [1.165, 1.54) is 36.5 Å². The van der Waals surface area contributed by atoms with Crippen molar-refractivity contribution in [3.05, 3.63) is 60.3 Å². The highest BCUT2D eigenvalue weighted by Crippen LogP contribution is 2.21. The maximum atomic E-state index is 13.3. The summed E-state index contributed by atoms with van der Waals surface area (Å²) in [5.41, 5.74) is -1.74. The molecule has 2 atom stereocenters. The van der Waals surface area contributed by atoms with Crippen molar-refractivity contribution in [2.45, 2.75) is 42.5 Å². The Labute approximate surface area is 214 Å². The Bertz CT molecular complexity index is 1380. The topological polar surface area (TPSA) is 178 Å². The van der Waals surface area contributed by atoms with Crippen molar-refractivity contribution in [2.24, 2.45) is 4.99 Å². The average molecular weight is 528 g/mol. The molecule has 6 N–H and O–H groups in total. The highest BCUT2D eigenvalue weighted by atomic mass is 32.2. The predicted molar refractivity (Wildman–Crippen MR) is 137 cm³/mol. The maximum absolute atomic E-state index is 13.3. The van der Waals surface area contributed by atoms with Crippen LogP contribution in [0.4, 0.5) is 0 Å². The Balaban J connectivity index is 1.56. The summed E-state index contributed by atoms with van der Waals surface area (Å²) in [6, 6.07) is 12.3. The first-order valence-electron chi connectivity index (χ1n) is 11.9. The number of unbranched alkanes of at least 4 members (excludes halogenated alkanes) is 1. The average Bonchev–Trinajstić information content (AvgIpc) is 3.38. The number of nitrogens with one attached hydrogen (secondary N) is 5. The molecule has 1 aliphatic rings. The number of aliphatic carboxylic acids is 1. The van der Waals surface area contributed by atoms with Crippen LogP contribution in [0, 0.1) is 0 Å². The zero-order chi connectivity index (χ0) is 26.3. The van der Waals surface area contributed by atoms with E-state index >= 15 is 0 Å². The Morgan fingerprint density at radius 1 is 1.11 bits per heavy atom. The number of para-hydroxylation sites is 1. The molecule has 3 aromatic rings. The molecule has 4 rings (SSSR count). The van der Waals surface area contributed by atoms with Gasteiger partial charge in [0.15, 0.2) is 6.29 Å². The van der Waals surface area contributed by atoms with Crippen molar-refractivity contribution in [1.82, 2.24) is 30.9 Å². The third-order valence-corrected chi connectivity index (χ3v) is 7.47. The molecule has 13 heteroatoms. The number of aromatic nitrogens is 2. The van der Waals surface area contributed by atoms with Gasteiger partial charge in [-0.3, -0.25) is 25.5 Å². The van der Waals surface area contributed by atoms with Crippen molar-refractivity contribution in [2.75, 3.05) is 13.1 Å². The predicted octanol–water partition coefficient (Wildman–Crippen LogP) is 1.16. The van der Waals surface area contributed by atoms with Crippen LogP contribution >= 0.6 is 0 Å². The Morgan fingerprint density at radius 2 is 1.92 bits per heavy atom. The second-order valence-electron chi connectivity index (χ2n) is 8.61. The van der Waals surface area contributed by atoms with Gasteiger partial charge in [0.1, 0.15) is 0 Å². The molecule has 2 unspecified atom stereocenters. The van der Waals surface area contributed by atoms with Crippen LogP contribution in [0.2, 0.25) is 0 Å². The summed E-state index contributed by atoms with van der Waals surface area (Å²) in [4.78, 5) is 30.1. The van der Waals surface area contributed by atoms with E-state index in [0.717, 1.165) is 13.0 Å². The molecule has 1 amide bonds. The second-order valence-corrected chi connectivity index (χ2v) is 10.3. The number of aromatic amines is 1. The van der Waals surface area contributed by atoms with E-state index in [1.807, 2.05) is 6.21 Å². The van der Waals surface area contributed by atoms with Gasteiger partial charge in [-0.2, -0.15) is 9.82 Å². The van der Waals surface area contributed by atoms with Gasteiger partial charge in [0, 0.05) is 18.1 Å². The molecule has 0 fully saturated rings. The fraction of sp³-hybridized carbons (Fsp3) is 0.333. The summed E-state index contributed by atoms with van der Waals surface area (Å²) in [6.07, 6.45) is 4.62. The number of carboxylic acid groups (broad SMARTS) is 1. The zero-order valence-electron chi connectivity index (χ0n) is 20.0. The fourth-order valence-corrected chi connectivity index (χ4v) is 5.38. The van der Waals surface area contributed by atoms with Gasteiger partial charge in [-0.25, -0.2) is 13.2 Å². The van der Waals surface area contributed by atoms with Crippen LogP contribution in [0.5, 0.6) is 0 Å². The van der Waals surface area contributed by atoms with Gasteiger partial charge in [-0.1, -0.05) is 30.3 Å². The van der Waals surface area contributed by atoms with Crippen LogP contribution in [0.3, 0.4) is 0 Å². The second kappa shape index (κ2) is 11.6. The van der Waals surface area contributed by atoms with Gasteiger partial charge >= 0.3 is 5.97 Å². The van der Waals surface area contributed by atoms with Crippen LogP contribution < -0.4 is 20.7 Å². The quantitative estimate of drug-likeness (QED) is 0.150. The van der Waals surface area contributed by atoms with E-state index in [2.05, 4.69) is 35.9 Å². The summed E-state index contributed by atoms with van der Waals surface area (Å²) in [5.74, 6) is -2.28. The summed E-state index contributed by atoms with van der Waals surface area (Å²) in [6.45, 7) is 1.32. The van der Waals surface area contributed by atoms with E-state index in [9.17, 15) is 23.1 Å². The molecule has 2 heterocycles. The van der Waals surface area contributed by atoms with Crippen LogP contribution in [0.15, 0.2) is 64.6 Å². The minimum Gasteiger partial charge on any atom is -0.478 e. The normalized spacial score (nSPS) is 17.4. The largest absolute Gasteiger partial charge is 0.478 e. The number of benzene rings is 2. The summed E-state index contributed by atoms with van der Waals surface area (Å²) in [7, 11) is -4.29. The van der Waals surface area contributed by atoms with E-state index in [-0.39, 0.29) is 23.2 Å². The zero-order valence-corrected chi connectivity index (χ0v) is 20.8. The number of amides is 1. The minimum atomic E-state index is -4.29. The van der Waals surface area contributed by atoms with E-state index in [0.29, 0.717) is 30.3 Å². The van der Waals surface area contributed by atoms with E-state index in [4.69, 9.17) is 0 Å². The molecule has 0 aliphatic carbocycles. The number of hydrogen-bond donors (Lipinski definition) is 6. The minimum absolute atomic E-state index is 0.117. The van der Waals surface area contributed by atoms with Gasteiger partial charge in [-0.15, -0.1) is 0 Å². The Hall–Kier alpha value is -3.65. The van der Waals surface area contributed by atoms with Gasteiger partial charge in [0.05, 0.1) is 22.2 Å². The van der Waals surface area contributed by atoms with Crippen molar-refractivity contribution >= 4 is 39.0 Å². The highest BCUT2D eigenvalue weighted by Gasteiger charge is 2.44. The number of hydrogen-bond acceptors (Lipinski definition) is 8. The van der Waals surface area contributed by atoms with Crippen LogP contribution in [0.1, 0.15) is 36.0 Å². The lowest BCUT2D eigenvalue weighted by molar-refractivity contribution is -0.145. The van der Waals surface area contributed by atoms with Crippen molar-refractivity contribution in [3.8, 4) is 0 Å². The molecule has 2 aromatic carbocycles. The number of carboxylic acids is 1. The summed E-state index contributed by atoms with van der Waals surface area (Å²) >= 11 is 0. The molecular formula is C24H29N7O5S. The fourth-order valence-electron chi connectivity index (χ4n) is 4.05. The van der Waals surface area contributed by atoms with Crippen molar-refractivity contribution < 1.29 is 23.1 Å². The molecule has 0 saturated heterocycles. The van der Waals surface area contributed by atoms with E-state index < -0.39 is 27.6 Å². The number of rotatable bonds is 12. The number of aliphatic imine (C=N–C) groups is 1. The number of fused-ring (bicyclic) bond motifs is 1. The smallest absolute Gasteiger partial charge is 0.345 e. The monoisotopic (exact) mass is 527 g/mol. The van der Waals surface area contributed by atoms with Crippen LogP contribution in [-0.2, 0) is 14.8 Å². The molecule has 196 valence electrons. The Kier molecular flexibility index (Phi) is 8.28. The molecular weight excluding hydrogens is 498 g/mol. The molecule has 0 spiro atoms. The maximum Gasteiger partial charge on any atom is 0.345 e. The van der Waals surface area contributed by atoms with Gasteiger partial charge in [0.25, 0.3) is 5.91 Å². The highest BCUT2D eigenvalue weighted by molar-refractivity contribution is 7.89. The van der Waals surface area contributed by atoms with Gasteiger partial charge in [-0.05, 0) is 50.4 Å². The number of carbonyl (C=O) groups excluding carboxylic acids is 1. The molecule has 1 aromatic heterocycles. The standard InChI is InChI=1S/C24H29N7O5S/c32-21(19-11-6-8-17-16-28-30-20(17)19)29-24(22(33)34,31-37(35,36)18-9-2-1-3-10-18)12-4-5-13-25-23-26-14-7-15-27-23/h1-3,6,8-11,14,16,23,25,27,31H,4-5,7,12-13,15H2,(H,28,30)(H,29,32)(H,33,34). The summed E-state index contributed by atoms with van der Waals surface area (Å²) in [5, 5.41) is 26.4. The molecule has 37 heavy (non-hydrogen) atoms. The van der Waals surface area contributed by atoms with Crippen molar-refractivity contribution in [3.63, 3.8) is 0 Å². The van der Waals surface area contributed by atoms with Crippen molar-refractivity contribution in [1.29, 1.82) is 0 Å². The molecule has 12 nitrogen and oxygen atoms in total. The van der Waals surface area contributed by atoms with E-state index in [1.54, 1.807) is 18.2 Å².